The SMILES string of the molecule is CNCc1ccc(-c2cc3cc(C)ccc3o2)c(C)c1. The molecule has 0 atom stereocenters. The zero-order chi connectivity index (χ0) is 14.1. The second-order valence-corrected chi connectivity index (χ2v) is 5.33. The van der Waals surface area contributed by atoms with E-state index in [4.69, 9.17) is 4.42 Å². The Bertz CT molecular complexity index is 755. The maximum Gasteiger partial charge on any atom is 0.135 e. The van der Waals surface area contributed by atoms with E-state index in [1.807, 2.05) is 13.1 Å². The number of rotatable bonds is 3. The summed E-state index contributed by atoms with van der Waals surface area (Å²) < 4.78 is 5.97. The Hall–Kier alpha value is -2.06. The van der Waals surface area contributed by atoms with E-state index in [-0.39, 0.29) is 0 Å². The van der Waals surface area contributed by atoms with Gasteiger partial charge in [-0.2, -0.15) is 0 Å². The summed E-state index contributed by atoms with van der Waals surface area (Å²) >= 11 is 0. The van der Waals surface area contributed by atoms with E-state index >= 15 is 0 Å². The van der Waals surface area contributed by atoms with Crippen molar-refractivity contribution in [1.82, 2.24) is 5.32 Å². The van der Waals surface area contributed by atoms with Crippen molar-refractivity contribution in [2.24, 2.45) is 0 Å². The third-order valence-electron chi connectivity index (χ3n) is 3.61. The smallest absolute Gasteiger partial charge is 0.135 e. The fourth-order valence-corrected chi connectivity index (χ4v) is 2.61. The summed E-state index contributed by atoms with van der Waals surface area (Å²) in [5.74, 6) is 0.944. The van der Waals surface area contributed by atoms with Crippen LogP contribution < -0.4 is 5.32 Å². The molecule has 0 saturated carbocycles. The molecule has 1 aromatic heterocycles. The topological polar surface area (TPSA) is 25.2 Å². The quantitative estimate of drug-likeness (QED) is 0.757. The molecule has 0 spiro atoms. The molecule has 0 aliphatic rings. The molecule has 0 fully saturated rings. The predicted molar refractivity (Wildman–Crippen MR) is 83.9 cm³/mol. The lowest BCUT2D eigenvalue weighted by atomic mass is 10.0. The third kappa shape index (κ3) is 2.35. The number of furan rings is 1. The maximum absolute atomic E-state index is 5.97. The van der Waals surface area contributed by atoms with Crippen LogP contribution in [-0.4, -0.2) is 7.05 Å². The average molecular weight is 265 g/mol. The average Bonchev–Trinajstić information content (AvgIpc) is 2.81. The van der Waals surface area contributed by atoms with E-state index in [9.17, 15) is 0 Å². The minimum Gasteiger partial charge on any atom is -0.456 e. The zero-order valence-electron chi connectivity index (χ0n) is 12.2. The van der Waals surface area contributed by atoms with E-state index < -0.39 is 0 Å². The van der Waals surface area contributed by atoms with Crippen LogP contribution in [0.4, 0.5) is 0 Å². The van der Waals surface area contributed by atoms with Crippen LogP contribution >= 0.6 is 0 Å². The van der Waals surface area contributed by atoms with Gasteiger partial charge in [-0.05, 0) is 50.2 Å². The molecule has 2 heteroatoms. The molecule has 20 heavy (non-hydrogen) atoms. The van der Waals surface area contributed by atoms with Gasteiger partial charge in [-0.1, -0.05) is 29.8 Å². The van der Waals surface area contributed by atoms with Crippen molar-refractivity contribution in [2.45, 2.75) is 20.4 Å². The van der Waals surface area contributed by atoms with Gasteiger partial charge in [0.1, 0.15) is 11.3 Å². The Morgan fingerprint density at radius 3 is 2.60 bits per heavy atom. The minimum atomic E-state index is 0.889. The Labute approximate surface area is 119 Å². The second-order valence-electron chi connectivity index (χ2n) is 5.33. The first kappa shape index (κ1) is 12.9. The first-order valence-corrected chi connectivity index (χ1v) is 6.92. The summed E-state index contributed by atoms with van der Waals surface area (Å²) in [7, 11) is 1.96. The monoisotopic (exact) mass is 265 g/mol. The molecule has 0 aliphatic heterocycles. The highest BCUT2D eigenvalue weighted by molar-refractivity contribution is 5.84. The number of fused-ring (bicyclic) bond motifs is 1. The molecule has 3 rings (SSSR count). The molecule has 0 amide bonds. The van der Waals surface area contributed by atoms with Crippen LogP contribution in [0.25, 0.3) is 22.3 Å². The largest absolute Gasteiger partial charge is 0.456 e. The van der Waals surface area contributed by atoms with Crippen LogP contribution in [0.1, 0.15) is 16.7 Å². The zero-order valence-corrected chi connectivity index (χ0v) is 12.2. The number of hydrogen-bond acceptors (Lipinski definition) is 2. The molecule has 0 bridgehead atoms. The van der Waals surface area contributed by atoms with Crippen molar-refractivity contribution in [2.75, 3.05) is 7.05 Å². The molecule has 1 heterocycles. The van der Waals surface area contributed by atoms with Crippen LogP contribution in [0, 0.1) is 13.8 Å². The molecule has 3 aromatic rings. The van der Waals surface area contributed by atoms with Gasteiger partial charge in [-0.15, -0.1) is 0 Å². The van der Waals surface area contributed by atoms with Gasteiger partial charge in [-0.3, -0.25) is 0 Å². The number of benzene rings is 2. The standard InChI is InChI=1S/C18H19NO/c1-12-4-7-17-15(8-12)10-18(20-17)16-6-5-14(11-19-3)9-13(16)2/h4-10,19H,11H2,1-3H3. The first-order valence-electron chi connectivity index (χ1n) is 6.92. The van der Waals surface area contributed by atoms with Gasteiger partial charge >= 0.3 is 0 Å². The summed E-state index contributed by atoms with van der Waals surface area (Å²) in [6.45, 7) is 5.12. The van der Waals surface area contributed by atoms with E-state index in [2.05, 4.69) is 55.6 Å². The summed E-state index contributed by atoms with van der Waals surface area (Å²) in [5, 5.41) is 4.34. The molecule has 1 N–H and O–H groups in total. The Morgan fingerprint density at radius 1 is 1.00 bits per heavy atom. The van der Waals surface area contributed by atoms with E-state index in [0.717, 1.165) is 17.9 Å². The third-order valence-corrected chi connectivity index (χ3v) is 3.61. The van der Waals surface area contributed by atoms with Crippen LogP contribution in [0.5, 0.6) is 0 Å². The highest BCUT2D eigenvalue weighted by Crippen LogP contribution is 2.30. The molecular formula is C18H19NO. The summed E-state index contributed by atoms with van der Waals surface area (Å²) in [5.41, 5.74) is 5.91. The van der Waals surface area contributed by atoms with E-state index in [1.165, 1.54) is 27.6 Å². The fourth-order valence-electron chi connectivity index (χ4n) is 2.61. The van der Waals surface area contributed by atoms with Crippen LogP contribution in [0.15, 0.2) is 46.9 Å². The first-order chi connectivity index (χ1) is 9.67. The van der Waals surface area contributed by atoms with Crippen LogP contribution in [-0.2, 0) is 6.54 Å². The lowest BCUT2D eigenvalue weighted by molar-refractivity contribution is 0.631. The molecule has 0 saturated heterocycles. The van der Waals surface area contributed by atoms with Gasteiger partial charge in [0, 0.05) is 17.5 Å². The Kier molecular flexibility index (Phi) is 3.33. The van der Waals surface area contributed by atoms with E-state index in [1.54, 1.807) is 0 Å². The molecule has 0 unspecified atom stereocenters. The Morgan fingerprint density at radius 2 is 1.85 bits per heavy atom. The van der Waals surface area contributed by atoms with Gasteiger partial charge in [0.05, 0.1) is 0 Å². The second kappa shape index (κ2) is 5.14. The molecule has 102 valence electrons. The lowest BCUT2D eigenvalue weighted by Crippen LogP contribution is -2.05. The van der Waals surface area contributed by atoms with Crippen molar-refractivity contribution in [3.8, 4) is 11.3 Å². The van der Waals surface area contributed by atoms with Crippen LogP contribution in [0.3, 0.4) is 0 Å². The number of nitrogens with one attached hydrogen (secondary N) is 1. The van der Waals surface area contributed by atoms with Crippen molar-refractivity contribution in [3.05, 3.63) is 59.2 Å². The number of aryl methyl sites for hydroxylation is 2. The van der Waals surface area contributed by atoms with Crippen molar-refractivity contribution in [1.29, 1.82) is 0 Å². The van der Waals surface area contributed by atoms with Gasteiger partial charge in [0.15, 0.2) is 0 Å². The predicted octanol–water partition coefficient (Wildman–Crippen LogP) is 4.44. The molecular weight excluding hydrogens is 246 g/mol. The normalized spacial score (nSPS) is 11.2. The highest BCUT2D eigenvalue weighted by atomic mass is 16.3. The highest BCUT2D eigenvalue weighted by Gasteiger charge is 2.09. The van der Waals surface area contributed by atoms with Crippen molar-refractivity contribution < 1.29 is 4.42 Å². The molecule has 2 aromatic carbocycles. The minimum absolute atomic E-state index is 0.889. The van der Waals surface area contributed by atoms with Gasteiger partial charge in [0.2, 0.25) is 0 Å². The Balaban J connectivity index is 2.06. The van der Waals surface area contributed by atoms with Crippen LogP contribution in [0.2, 0.25) is 0 Å². The molecule has 2 nitrogen and oxygen atoms in total. The van der Waals surface area contributed by atoms with Gasteiger partial charge < -0.3 is 9.73 Å². The van der Waals surface area contributed by atoms with Crippen molar-refractivity contribution in [3.63, 3.8) is 0 Å². The van der Waals surface area contributed by atoms with Crippen molar-refractivity contribution >= 4 is 11.0 Å². The maximum atomic E-state index is 5.97. The summed E-state index contributed by atoms with van der Waals surface area (Å²) in [6, 6.07) is 14.9. The summed E-state index contributed by atoms with van der Waals surface area (Å²) in [6.07, 6.45) is 0. The van der Waals surface area contributed by atoms with Gasteiger partial charge in [-0.25, -0.2) is 0 Å². The lowest BCUT2D eigenvalue weighted by Gasteiger charge is -2.06. The fraction of sp³-hybridized carbons (Fsp3) is 0.222. The number of hydrogen-bond donors (Lipinski definition) is 1. The van der Waals surface area contributed by atoms with Gasteiger partial charge in [0.25, 0.3) is 0 Å². The summed E-state index contributed by atoms with van der Waals surface area (Å²) in [4.78, 5) is 0. The molecule has 0 aliphatic carbocycles. The van der Waals surface area contributed by atoms with E-state index in [0.29, 0.717) is 0 Å². The molecule has 0 radical (unpaired) electrons.